The summed E-state index contributed by atoms with van der Waals surface area (Å²) in [6, 6.07) is 1.80. The van der Waals surface area contributed by atoms with E-state index in [1.807, 2.05) is 23.8 Å². The van der Waals surface area contributed by atoms with E-state index in [-0.39, 0.29) is 24.4 Å². The lowest BCUT2D eigenvalue weighted by Gasteiger charge is -2.35. The van der Waals surface area contributed by atoms with Gasteiger partial charge in [0.05, 0.1) is 25.6 Å². The van der Waals surface area contributed by atoms with Crippen molar-refractivity contribution in [2.75, 3.05) is 13.7 Å². The minimum absolute atomic E-state index is 0.103. The highest BCUT2D eigenvalue weighted by Gasteiger charge is 2.46. The number of esters is 1. The first-order chi connectivity index (χ1) is 16.9. The standard InChI is InChI=1S/C27H32N2O6/c1-4-33-26(30)22-13-17(9-11-29-12-10-28-16-29)24-21(34-22)15-20-19(25(24)32-3)14-23(35-20)27(2,31)18-7-5-6-8-18/h9-10,12-13,15-16,18,23,31H,4-8,11,14H2,1-3H3/b17-9+/t23-,27-/m0/s1. The van der Waals surface area contributed by atoms with Crippen LogP contribution in [-0.2, 0) is 22.5 Å². The van der Waals surface area contributed by atoms with E-state index in [2.05, 4.69) is 4.98 Å². The zero-order chi connectivity index (χ0) is 24.6. The summed E-state index contributed by atoms with van der Waals surface area (Å²) in [6.45, 7) is 4.44. The molecule has 186 valence electrons. The number of imidazole rings is 1. The molecule has 1 N–H and O–H groups in total. The number of allylic oxidation sites excluding steroid dienone is 3. The molecule has 3 heterocycles. The van der Waals surface area contributed by atoms with Gasteiger partial charge < -0.3 is 28.6 Å². The van der Waals surface area contributed by atoms with Gasteiger partial charge in [-0.15, -0.1) is 0 Å². The van der Waals surface area contributed by atoms with Crippen LogP contribution in [0.5, 0.6) is 17.2 Å². The molecule has 2 atom stereocenters. The maximum absolute atomic E-state index is 12.6. The molecular weight excluding hydrogens is 448 g/mol. The number of hydrogen-bond donors (Lipinski definition) is 1. The summed E-state index contributed by atoms with van der Waals surface area (Å²) in [6.07, 6.45) is 13.5. The number of fused-ring (bicyclic) bond motifs is 2. The van der Waals surface area contributed by atoms with Gasteiger partial charge in [0, 0.05) is 37.0 Å². The van der Waals surface area contributed by atoms with E-state index >= 15 is 0 Å². The van der Waals surface area contributed by atoms with Crippen molar-refractivity contribution in [3.63, 3.8) is 0 Å². The molecule has 1 fully saturated rings. The Hall–Kier alpha value is -3.26. The monoisotopic (exact) mass is 480 g/mol. The van der Waals surface area contributed by atoms with E-state index in [1.165, 1.54) is 0 Å². The van der Waals surface area contributed by atoms with Crippen molar-refractivity contribution in [1.82, 2.24) is 9.55 Å². The Kier molecular flexibility index (Phi) is 6.32. The molecule has 0 unspecified atom stereocenters. The number of hydrogen-bond acceptors (Lipinski definition) is 7. The fraction of sp³-hybridized carbons (Fsp3) is 0.481. The van der Waals surface area contributed by atoms with Crippen LogP contribution in [0.1, 0.15) is 50.7 Å². The van der Waals surface area contributed by atoms with Crippen LogP contribution in [0, 0.1) is 5.92 Å². The van der Waals surface area contributed by atoms with Gasteiger partial charge in [-0.3, -0.25) is 0 Å². The summed E-state index contributed by atoms with van der Waals surface area (Å²) in [4.78, 5) is 16.6. The highest BCUT2D eigenvalue weighted by Crippen LogP contribution is 2.51. The maximum Gasteiger partial charge on any atom is 0.374 e. The molecule has 3 aliphatic rings. The minimum atomic E-state index is -0.948. The number of methoxy groups -OCH3 is 1. The summed E-state index contributed by atoms with van der Waals surface area (Å²) in [7, 11) is 1.62. The number of carbonyl (C=O) groups excluding carboxylic acids is 1. The molecule has 5 rings (SSSR count). The molecule has 1 saturated carbocycles. The van der Waals surface area contributed by atoms with Crippen molar-refractivity contribution in [2.45, 2.75) is 64.2 Å². The van der Waals surface area contributed by atoms with Crippen molar-refractivity contribution >= 4 is 11.5 Å². The van der Waals surface area contributed by atoms with Crippen LogP contribution in [-0.4, -0.2) is 46.0 Å². The first-order valence-electron chi connectivity index (χ1n) is 12.3. The Morgan fingerprint density at radius 2 is 2.14 bits per heavy atom. The summed E-state index contributed by atoms with van der Waals surface area (Å²) < 4.78 is 25.3. The van der Waals surface area contributed by atoms with Crippen LogP contribution in [0.15, 0.2) is 42.7 Å². The van der Waals surface area contributed by atoms with Crippen LogP contribution in [0.2, 0.25) is 0 Å². The van der Waals surface area contributed by atoms with E-state index in [0.717, 1.165) is 42.4 Å². The van der Waals surface area contributed by atoms with Gasteiger partial charge >= 0.3 is 5.97 Å². The molecule has 1 aliphatic carbocycles. The predicted octanol–water partition coefficient (Wildman–Crippen LogP) is 4.06. The largest absolute Gasteiger partial charge is 0.496 e. The highest BCUT2D eigenvalue weighted by molar-refractivity contribution is 5.95. The van der Waals surface area contributed by atoms with Crippen LogP contribution >= 0.6 is 0 Å². The SMILES string of the molecule is CCOC(=O)C1=C/C(=C\Cn2ccnc2)c2c(cc3c(c2OC)C[C@@H]([C@@](C)(O)C2CCCC2)O3)O1. The van der Waals surface area contributed by atoms with Gasteiger partial charge in [-0.1, -0.05) is 18.9 Å². The van der Waals surface area contributed by atoms with Crippen LogP contribution in [0.25, 0.3) is 5.57 Å². The molecular formula is C27H32N2O6. The van der Waals surface area contributed by atoms with E-state index < -0.39 is 11.6 Å². The molecule has 0 amide bonds. The summed E-state index contributed by atoms with van der Waals surface area (Å²) in [5, 5.41) is 11.4. The van der Waals surface area contributed by atoms with Crippen molar-refractivity contribution in [3.8, 4) is 17.2 Å². The average Bonchev–Trinajstić information content (AvgIpc) is 3.62. The Bertz CT molecular complexity index is 1160. The molecule has 0 spiro atoms. The lowest BCUT2D eigenvalue weighted by Crippen LogP contribution is -2.47. The summed E-state index contributed by atoms with van der Waals surface area (Å²) >= 11 is 0. The average molecular weight is 481 g/mol. The van der Waals surface area contributed by atoms with E-state index in [1.54, 1.807) is 38.7 Å². The molecule has 1 aromatic heterocycles. The zero-order valence-corrected chi connectivity index (χ0v) is 20.5. The fourth-order valence-corrected chi connectivity index (χ4v) is 5.43. The van der Waals surface area contributed by atoms with Crippen LogP contribution < -0.4 is 14.2 Å². The summed E-state index contributed by atoms with van der Waals surface area (Å²) in [5.74, 6) is 1.49. The second-order valence-corrected chi connectivity index (χ2v) is 9.53. The Morgan fingerprint density at radius 3 is 2.83 bits per heavy atom. The molecule has 8 heteroatoms. The Morgan fingerprint density at radius 1 is 1.34 bits per heavy atom. The minimum Gasteiger partial charge on any atom is -0.496 e. The molecule has 0 radical (unpaired) electrons. The van der Waals surface area contributed by atoms with Crippen molar-refractivity contribution in [3.05, 3.63) is 53.8 Å². The number of aliphatic hydroxyl groups is 1. The lowest BCUT2D eigenvalue weighted by atomic mass is 9.81. The second kappa shape index (κ2) is 9.41. The second-order valence-electron chi connectivity index (χ2n) is 9.53. The number of nitrogens with zero attached hydrogens (tertiary/aromatic N) is 2. The number of rotatable bonds is 7. The number of benzene rings is 1. The van der Waals surface area contributed by atoms with Gasteiger partial charge in [-0.05, 0) is 44.3 Å². The Balaban J connectivity index is 1.54. The lowest BCUT2D eigenvalue weighted by molar-refractivity contribution is -0.141. The molecule has 2 aliphatic heterocycles. The van der Waals surface area contributed by atoms with Crippen molar-refractivity contribution < 1.29 is 28.8 Å². The smallest absolute Gasteiger partial charge is 0.374 e. The van der Waals surface area contributed by atoms with Crippen molar-refractivity contribution in [1.29, 1.82) is 0 Å². The van der Waals surface area contributed by atoms with Gasteiger partial charge in [0.25, 0.3) is 0 Å². The first-order valence-corrected chi connectivity index (χ1v) is 12.3. The van der Waals surface area contributed by atoms with Crippen LogP contribution in [0.4, 0.5) is 0 Å². The third-order valence-corrected chi connectivity index (χ3v) is 7.36. The van der Waals surface area contributed by atoms with E-state index in [9.17, 15) is 9.90 Å². The number of ether oxygens (including phenoxy) is 4. The molecule has 0 saturated heterocycles. The zero-order valence-electron chi connectivity index (χ0n) is 20.5. The maximum atomic E-state index is 12.6. The highest BCUT2D eigenvalue weighted by atomic mass is 16.6. The molecule has 0 bridgehead atoms. The molecule has 8 nitrogen and oxygen atoms in total. The molecule has 35 heavy (non-hydrogen) atoms. The van der Waals surface area contributed by atoms with Gasteiger partial charge in [-0.2, -0.15) is 0 Å². The van der Waals surface area contributed by atoms with E-state index in [4.69, 9.17) is 18.9 Å². The summed E-state index contributed by atoms with van der Waals surface area (Å²) in [5.41, 5.74) is 1.49. The fourth-order valence-electron chi connectivity index (χ4n) is 5.43. The Labute approximate surface area is 205 Å². The quantitative estimate of drug-likeness (QED) is 0.598. The normalized spacial score (nSPS) is 22.0. The van der Waals surface area contributed by atoms with E-state index in [0.29, 0.717) is 30.2 Å². The predicted molar refractivity (Wildman–Crippen MR) is 129 cm³/mol. The number of carbonyl (C=O) groups is 1. The van der Waals surface area contributed by atoms with Gasteiger partial charge in [-0.25, -0.2) is 9.78 Å². The van der Waals surface area contributed by atoms with Gasteiger partial charge in [0.1, 0.15) is 29.0 Å². The third kappa shape index (κ3) is 4.31. The first kappa shape index (κ1) is 23.5. The van der Waals surface area contributed by atoms with Crippen LogP contribution in [0.3, 0.4) is 0 Å². The topological polar surface area (TPSA) is 92.0 Å². The molecule has 1 aromatic carbocycles. The molecule has 2 aromatic rings. The third-order valence-electron chi connectivity index (χ3n) is 7.36. The number of aromatic nitrogens is 2. The van der Waals surface area contributed by atoms with Gasteiger partial charge in [0.2, 0.25) is 5.76 Å². The van der Waals surface area contributed by atoms with Gasteiger partial charge in [0.15, 0.2) is 0 Å². The van der Waals surface area contributed by atoms with Crippen molar-refractivity contribution in [2.24, 2.45) is 5.92 Å².